The van der Waals surface area contributed by atoms with Crippen LogP contribution < -0.4 is 0 Å². The van der Waals surface area contributed by atoms with Crippen molar-refractivity contribution in [2.24, 2.45) is 0 Å². The molecule has 4 heteroatoms. The number of hydrogen-bond donors (Lipinski definition) is 0. The topological polar surface area (TPSA) is 26.3 Å². The third-order valence-corrected chi connectivity index (χ3v) is 7.01. The van der Waals surface area contributed by atoms with Gasteiger partial charge < -0.3 is 4.74 Å². The van der Waals surface area contributed by atoms with Gasteiger partial charge in [0.05, 0.1) is 16.6 Å². The third kappa shape index (κ3) is 5.91. The summed E-state index contributed by atoms with van der Waals surface area (Å²) in [6, 6.07) is 29.7. The van der Waals surface area contributed by atoms with Gasteiger partial charge in [-0.05, 0) is 69.3 Å². The Hall–Kier alpha value is -2.17. The highest BCUT2D eigenvalue weighted by Gasteiger charge is 2.28. The molecule has 0 aliphatic carbocycles. The van der Waals surface area contributed by atoms with E-state index in [4.69, 9.17) is 4.74 Å². The summed E-state index contributed by atoms with van der Waals surface area (Å²) >= 11 is 1.51. The number of rotatable bonds is 6. The van der Waals surface area contributed by atoms with Gasteiger partial charge in [0.15, 0.2) is 14.7 Å². The second-order valence-electron chi connectivity index (χ2n) is 7.28. The van der Waals surface area contributed by atoms with E-state index in [-0.39, 0.29) is 16.9 Å². The van der Waals surface area contributed by atoms with Gasteiger partial charge in [-0.2, -0.15) is 0 Å². The smallest absolute Gasteiger partial charge is 0.316 e. The van der Waals surface area contributed by atoms with E-state index >= 15 is 0 Å². The van der Waals surface area contributed by atoms with Crippen LogP contribution in [0.25, 0.3) is 0 Å². The second kappa shape index (κ2) is 9.35. The van der Waals surface area contributed by atoms with Gasteiger partial charge in [-0.3, -0.25) is 4.79 Å². The van der Waals surface area contributed by atoms with Crippen molar-refractivity contribution < 1.29 is 9.53 Å². The van der Waals surface area contributed by atoms with Gasteiger partial charge in [-0.1, -0.05) is 36.4 Å². The monoisotopic (exact) mass is 409 g/mol. The minimum atomic E-state index is -0.443. The Morgan fingerprint density at radius 1 is 0.786 bits per heavy atom. The zero-order chi connectivity index (χ0) is 20.0. The fourth-order valence-electron chi connectivity index (χ4n) is 2.71. The first kappa shape index (κ1) is 20.6. The molecule has 0 saturated carbocycles. The van der Waals surface area contributed by atoms with Crippen LogP contribution in [-0.4, -0.2) is 17.3 Å². The van der Waals surface area contributed by atoms with Crippen LogP contribution in [0.5, 0.6) is 0 Å². The molecule has 3 rings (SSSR count). The number of carbonyl (C=O) groups excluding carboxylic acids is 1. The number of hydrogen-bond acceptors (Lipinski definition) is 3. The SMILES string of the molecule is CC(C)(C)OC(=O)CSc1ccc([S+](c2ccccc2)c2ccccc2)cc1. The molecule has 0 aromatic heterocycles. The molecule has 0 unspecified atom stereocenters. The normalized spacial score (nSPS) is 11.4. The molecule has 0 fully saturated rings. The van der Waals surface area contributed by atoms with Gasteiger partial charge in [0.1, 0.15) is 5.60 Å². The van der Waals surface area contributed by atoms with E-state index in [9.17, 15) is 4.79 Å². The van der Waals surface area contributed by atoms with Crippen LogP contribution >= 0.6 is 11.8 Å². The Labute approximate surface area is 174 Å². The number of benzene rings is 3. The van der Waals surface area contributed by atoms with Crippen molar-refractivity contribution in [2.75, 3.05) is 5.75 Å². The van der Waals surface area contributed by atoms with Crippen molar-refractivity contribution in [3.63, 3.8) is 0 Å². The van der Waals surface area contributed by atoms with Crippen LogP contribution in [-0.2, 0) is 20.4 Å². The lowest BCUT2D eigenvalue weighted by atomic mass is 10.2. The van der Waals surface area contributed by atoms with Crippen molar-refractivity contribution in [1.29, 1.82) is 0 Å². The summed E-state index contributed by atoms with van der Waals surface area (Å²) in [6.45, 7) is 5.66. The third-order valence-electron chi connectivity index (χ3n) is 3.79. The van der Waals surface area contributed by atoms with E-state index < -0.39 is 5.60 Å². The van der Waals surface area contributed by atoms with Crippen molar-refractivity contribution in [2.45, 2.75) is 46.0 Å². The standard InChI is InChI=1S/C24H25O2S2/c1-24(2,3)26-23(25)18-27-19-14-16-22(17-15-19)28(20-10-6-4-7-11-20)21-12-8-5-9-13-21/h4-17H,18H2,1-3H3/q+1. The minimum absolute atomic E-state index is 0.150. The molecule has 0 aliphatic rings. The predicted molar refractivity (Wildman–Crippen MR) is 118 cm³/mol. The van der Waals surface area contributed by atoms with Gasteiger partial charge in [-0.15, -0.1) is 11.8 Å². The maximum atomic E-state index is 11.9. The molecule has 2 nitrogen and oxygen atoms in total. The first-order valence-electron chi connectivity index (χ1n) is 9.21. The van der Waals surface area contributed by atoms with Crippen LogP contribution in [0.1, 0.15) is 20.8 Å². The fourth-order valence-corrected chi connectivity index (χ4v) is 5.46. The zero-order valence-corrected chi connectivity index (χ0v) is 18.1. The molecular weight excluding hydrogens is 384 g/mol. The lowest BCUT2D eigenvalue weighted by molar-refractivity contribution is -0.151. The van der Waals surface area contributed by atoms with E-state index in [0.29, 0.717) is 5.75 Å². The number of ether oxygens (including phenoxy) is 1. The average molecular weight is 410 g/mol. The van der Waals surface area contributed by atoms with Crippen molar-refractivity contribution in [1.82, 2.24) is 0 Å². The molecule has 0 saturated heterocycles. The summed E-state index contributed by atoms with van der Waals surface area (Å²) in [5.74, 6) is 0.134. The zero-order valence-electron chi connectivity index (χ0n) is 16.4. The van der Waals surface area contributed by atoms with Crippen LogP contribution in [0.3, 0.4) is 0 Å². The molecule has 28 heavy (non-hydrogen) atoms. The molecule has 0 radical (unpaired) electrons. The molecular formula is C24H25O2S2+. The van der Waals surface area contributed by atoms with Crippen LogP contribution in [0.2, 0.25) is 0 Å². The molecule has 3 aromatic carbocycles. The largest absolute Gasteiger partial charge is 0.459 e. The summed E-state index contributed by atoms with van der Waals surface area (Å²) in [5.41, 5.74) is -0.443. The molecule has 0 heterocycles. The number of thioether (sulfide) groups is 1. The van der Waals surface area contributed by atoms with Crippen LogP contribution in [0, 0.1) is 0 Å². The van der Waals surface area contributed by atoms with E-state index in [2.05, 4.69) is 72.8 Å². The highest BCUT2D eigenvalue weighted by Crippen LogP contribution is 2.32. The Bertz CT molecular complexity index is 846. The number of carbonyl (C=O) groups is 1. The molecule has 0 aliphatic heterocycles. The predicted octanol–water partition coefficient (Wildman–Crippen LogP) is 6.22. The molecule has 0 bridgehead atoms. The van der Waals surface area contributed by atoms with E-state index in [0.717, 1.165) is 4.90 Å². The summed E-state index contributed by atoms with van der Waals surface area (Å²) < 4.78 is 5.38. The van der Waals surface area contributed by atoms with Gasteiger partial charge >= 0.3 is 5.97 Å². The molecule has 0 amide bonds. The highest BCUT2D eigenvalue weighted by molar-refractivity contribution is 8.00. The minimum Gasteiger partial charge on any atom is -0.459 e. The van der Waals surface area contributed by atoms with Crippen molar-refractivity contribution in [3.8, 4) is 0 Å². The average Bonchev–Trinajstić information content (AvgIpc) is 2.68. The molecule has 144 valence electrons. The summed E-state index contributed by atoms with van der Waals surface area (Å²) in [5, 5.41) is 0. The highest BCUT2D eigenvalue weighted by atomic mass is 32.2. The van der Waals surface area contributed by atoms with Crippen LogP contribution in [0.15, 0.2) is 105 Å². The lowest BCUT2D eigenvalue weighted by Gasteiger charge is -2.19. The van der Waals surface area contributed by atoms with Gasteiger partial charge in [0.25, 0.3) is 0 Å². The Kier molecular flexibility index (Phi) is 6.87. The van der Waals surface area contributed by atoms with Crippen molar-refractivity contribution in [3.05, 3.63) is 84.9 Å². The van der Waals surface area contributed by atoms with E-state index in [1.54, 1.807) is 0 Å². The quantitative estimate of drug-likeness (QED) is 0.275. The maximum Gasteiger partial charge on any atom is 0.316 e. The van der Waals surface area contributed by atoms with Gasteiger partial charge in [-0.25, -0.2) is 0 Å². The van der Waals surface area contributed by atoms with Crippen molar-refractivity contribution >= 4 is 28.6 Å². The molecule has 3 aromatic rings. The summed E-state index contributed by atoms with van der Waals surface area (Å²) in [6.07, 6.45) is 0. The summed E-state index contributed by atoms with van der Waals surface area (Å²) in [7, 11) is -0.150. The van der Waals surface area contributed by atoms with Crippen LogP contribution in [0.4, 0.5) is 0 Å². The molecule has 0 spiro atoms. The maximum absolute atomic E-state index is 11.9. The second-order valence-corrected chi connectivity index (χ2v) is 10.4. The summed E-state index contributed by atoms with van der Waals surface area (Å²) in [4.78, 5) is 16.9. The first-order valence-corrected chi connectivity index (χ1v) is 11.4. The van der Waals surface area contributed by atoms with E-state index in [1.165, 1.54) is 26.4 Å². The van der Waals surface area contributed by atoms with E-state index in [1.807, 2.05) is 32.9 Å². The molecule has 0 atom stereocenters. The Morgan fingerprint density at radius 3 is 1.71 bits per heavy atom. The Morgan fingerprint density at radius 2 is 1.25 bits per heavy atom. The Balaban J connectivity index is 1.77. The van der Waals surface area contributed by atoms with Gasteiger partial charge in [0, 0.05) is 4.90 Å². The lowest BCUT2D eigenvalue weighted by Crippen LogP contribution is -2.24. The number of esters is 1. The van der Waals surface area contributed by atoms with Gasteiger partial charge in [0.2, 0.25) is 0 Å². The molecule has 0 N–H and O–H groups in total. The first-order chi connectivity index (χ1) is 13.4. The fraction of sp³-hybridized carbons (Fsp3) is 0.208.